The highest BCUT2D eigenvalue weighted by atomic mass is 79.9. The van der Waals surface area contributed by atoms with Gasteiger partial charge in [-0.25, -0.2) is 8.42 Å². The van der Waals surface area contributed by atoms with Crippen molar-refractivity contribution in [3.05, 3.63) is 26.7 Å². The third-order valence-corrected chi connectivity index (χ3v) is 5.14. The number of halogens is 3. The van der Waals surface area contributed by atoms with Gasteiger partial charge >= 0.3 is 0 Å². The molecule has 0 saturated carbocycles. The van der Waals surface area contributed by atoms with Gasteiger partial charge in [0, 0.05) is 11.0 Å². The van der Waals surface area contributed by atoms with Crippen molar-refractivity contribution in [1.82, 2.24) is 5.32 Å². The van der Waals surface area contributed by atoms with Crippen LogP contribution in [0, 0.1) is 0 Å². The average Bonchev–Trinajstić information content (AvgIpc) is 2.30. The number of rotatable bonds is 6. The first-order chi connectivity index (χ1) is 8.37. The summed E-state index contributed by atoms with van der Waals surface area (Å²) in [5, 5.41) is 3.40. The minimum absolute atomic E-state index is 0.0230. The summed E-state index contributed by atoms with van der Waals surface area (Å²) in [5.41, 5.74) is 0.279. The van der Waals surface area contributed by atoms with Crippen LogP contribution in [0.4, 0.5) is 5.69 Å². The van der Waals surface area contributed by atoms with E-state index in [0.717, 1.165) is 6.54 Å². The van der Waals surface area contributed by atoms with Crippen molar-refractivity contribution in [2.75, 3.05) is 23.6 Å². The Balaban J connectivity index is 2.82. The molecule has 0 aliphatic rings. The van der Waals surface area contributed by atoms with Gasteiger partial charge in [-0.05, 0) is 34.6 Å². The predicted octanol–water partition coefficient (Wildman–Crippen LogP) is 3.11. The van der Waals surface area contributed by atoms with Gasteiger partial charge in [0.25, 0.3) is 0 Å². The second-order valence-electron chi connectivity index (χ2n) is 3.50. The fraction of sp³-hybridized carbons (Fsp3) is 0.400. The zero-order valence-corrected chi connectivity index (χ0v) is 13.5. The Bertz CT molecular complexity index is 523. The van der Waals surface area contributed by atoms with Crippen molar-refractivity contribution in [3.8, 4) is 0 Å². The number of benzene rings is 1. The molecule has 1 rings (SSSR count). The van der Waals surface area contributed by atoms with Crippen molar-refractivity contribution < 1.29 is 8.42 Å². The van der Waals surface area contributed by atoms with E-state index in [4.69, 9.17) is 23.2 Å². The second kappa shape index (κ2) is 6.96. The summed E-state index contributed by atoms with van der Waals surface area (Å²) in [6, 6.07) is 3.19. The van der Waals surface area contributed by atoms with Crippen LogP contribution < -0.4 is 10.0 Å². The fourth-order valence-corrected chi connectivity index (χ4v) is 3.10. The van der Waals surface area contributed by atoms with Crippen LogP contribution in [0.3, 0.4) is 0 Å². The lowest BCUT2D eigenvalue weighted by atomic mass is 10.3. The van der Waals surface area contributed by atoms with Crippen LogP contribution in [-0.2, 0) is 10.0 Å². The minimum atomic E-state index is -3.43. The molecule has 0 aromatic heterocycles. The van der Waals surface area contributed by atoms with Gasteiger partial charge in [-0.2, -0.15) is 0 Å². The van der Waals surface area contributed by atoms with E-state index in [1.54, 1.807) is 12.1 Å². The summed E-state index contributed by atoms with van der Waals surface area (Å²) in [4.78, 5) is 0. The van der Waals surface area contributed by atoms with E-state index < -0.39 is 10.0 Å². The number of hydrogen-bond donors (Lipinski definition) is 2. The molecule has 0 saturated heterocycles. The molecule has 0 fully saturated rings. The fourth-order valence-electron chi connectivity index (χ4n) is 1.21. The molecule has 8 heteroatoms. The molecule has 1 aromatic carbocycles. The molecular weight excluding hydrogens is 363 g/mol. The van der Waals surface area contributed by atoms with Crippen molar-refractivity contribution in [2.24, 2.45) is 0 Å². The summed E-state index contributed by atoms with van der Waals surface area (Å²) in [6.07, 6.45) is 0. The number of hydrogen-bond acceptors (Lipinski definition) is 3. The van der Waals surface area contributed by atoms with Crippen molar-refractivity contribution in [2.45, 2.75) is 6.92 Å². The molecule has 0 bridgehead atoms. The Labute approximate surface area is 125 Å². The summed E-state index contributed by atoms with van der Waals surface area (Å²) in [7, 11) is -3.43. The molecule has 0 aliphatic heterocycles. The van der Waals surface area contributed by atoms with Gasteiger partial charge in [0.15, 0.2) is 0 Å². The van der Waals surface area contributed by atoms with Crippen molar-refractivity contribution >= 4 is 54.8 Å². The van der Waals surface area contributed by atoms with Gasteiger partial charge in [0.05, 0.1) is 21.5 Å². The quantitative estimate of drug-likeness (QED) is 0.593. The lowest BCUT2D eigenvalue weighted by Gasteiger charge is -2.11. The molecule has 4 nitrogen and oxygen atoms in total. The number of sulfonamides is 1. The molecule has 0 heterocycles. The van der Waals surface area contributed by atoms with E-state index in [9.17, 15) is 8.42 Å². The van der Waals surface area contributed by atoms with E-state index in [1.165, 1.54) is 0 Å². The summed E-state index contributed by atoms with van der Waals surface area (Å²) < 4.78 is 26.5. The van der Waals surface area contributed by atoms with Gasteiger partial charge < -0.3 is 5.32 Å². The topological polar surface area (TPSA) is 58.2 Å². The molecule has 0 amide bonds. The van der Waals surface area contributed by atoms with Crippen LogP contribution in [0.2, 0.25) is 10.0 Å². The molecule has 2 N–H and O–H groups in total. The first kappa shape index (κ1) is 16.0. The summed E-state index contributed by atoms with van der Waals surface area (Å²) in [5.74, 6) is -0.0230. The van der Waals surface area contributed by atoms with Gasteiger partial charge in [0.1, 0.15) is 0 Å². The second-order valence-corrected chi connectivity index (χ2v) is 6.95. The minimum Gasteiger partial charge on any atom is -0.316 e. The first-order valence-corrected chi connectivity index (χ1v) is 8.42. The van der Waals surface area contributed by atoms with Gasteiger partial charge in [-0.1, -0.05) is 30.1 Å². The normalized spacial score (nSPS) is 11.6. The van der Waals surface area contributed by atoms with Crippen molar-refractivity contribution in [1.29, 1.82) is 0 Å². The molecule has 0 radical (unpaired) electrons. The van der Waals surface area contributed by atoms with Gasteiger partial charge in [-0.3, -0.25) is 4.72 Å². The maximum Gasteiger partial charge on any atom is 0.234 e. The van der Waals surface area contributed by atoms with Crippen LogP contribution in [0.15, 0.2) is 16.6 Å². The number of anilines is 1. The molecule has 0 unspecified atom stereocenters. The van der Waals surface area contributed by atoms with Crippen LogP contribution in [0.1, 0.15) is 6.92 Å². The smallest absolute Gasteiger partial charge is 0.234 e. The highest BCUT2D eigenvalue weighted by molar-refractivity contribution is 9.10. The van der Waals surface area contributed by atoms with E-state index in [-0.39, 0.29) is 21.5 Å². The average molecular weight is 376 g/mol. The van der Waals surface area contributed by atoms with Gasteiger partial charge in [0.2, 0.25) is 10.0 Å². The van der Waals surface area contributed by atoms with Crippen LogP contribution in [-0.4, -0.2) is 27.3 Å². The molecule has 0 aliphatic carbocycles. The maximum absolute atomic E-state index is 11.8. The zero-order valence-electron chi connectivity index (χ0n) is 9.63. The first-order valence-electron chi connectivity index (χ1n) is 5.22. The monoisotopic (exact) mass is 374 g/mol. The highest BCUT2D eigenvalue weighted by Crippen LogP contribution is 2.36. The lowest BCUT2D eigenvalue weighted by molar-refractivity contribution is 0.597. The zero-order chi connectivity index (χ0) is 13.8. The van der Waals surface area contributed by atoms with Crippen LogP contribution in [0.5, 0.6) is 0 Å². The SMILES string of the molecule is CCNCCS(=O)(=O)Nc1ccc(Br)c(Cl)c1Cl. The molecule has 1 aromatic rings. The van der Waals surface area contributed by atoms with E-state index in [2.05, 4.69) is 26.0 Å². The molecule has 102 valence electrons. The van der Waals surface area contributed by atoms with Crippen molar-refractivity contribution in [3.63, 3.8) is 0 Å². The third kappa shape index (κ3) is 4.59. The van der Waals surface area contributed by atoms with Gasteiger partial charge in [-0.15, -0.1) is 0 Å². The lowest BCUT2D eigenvalue weighted by Crippen LogP contribution is -2.26. The van der Waals surface area contributed by atoms with Crippen LogP contribution in [0.25, 0.3) is 0 Å². The molecule has 0 atom stereocenters. The van der Waals surface area contributed by atoms with Crippen LogP contribution >= 0.6 is 39.1 Å². The summed E-state index contributed by atoms with van der Waals surface area (Å²) in [6.45, 7) is 3.01. The highest BCUT2D eigenvalue weighted by Gasteiger charge is 2.14. The predicted molar refractivity (Wildman–Crippen MR) is 80.1 cm³/mol. The van der Waals surface area contributed by atoms with E-state index in [0.29, 0.717) is 11.0 Å². The molecular formula is C10H13BrCl2N2O2S. The Kier molecular flexibility index (Phi) is 6.20. The third-order valence-electron chi connectivity index (χ3n) is 2.10. The largest absolute Gasteiger partial charge is 0.316 e. The molecule has 18 heavy (non-hydrogen) atoms. The molecule has 0 spiro atoms. The Hall–Kier alpha value is -0.0100. The summed E-state index contributed by atoms with van der Waals surface area (Å²) >= 11 is 15.1. The maximum atomic E-state index is 11.8. The standard InChI is InChI=1S/C10H13BrCl2N2O2S/c1-2-14-5-6-18(16,17)15-8-4-3-7(11)9(12)10(8)13/h3-4,14-15H,2,5-6H2,1H3. The Morgan fingerprint density at radius 1 is 1.28 bits per heavy atom. The Morgan fingerprint density at radius 3 is 2.56 bits per heavy atom. The number of nitrogens with one attached hydrogen (secondary N) is 2. The Morgan fingerprint density at radius 2 is 1.94 bits per heavy atom. The van der Waals surface area contributed by atoms with E-state index in [1.807, 2.05) is 6.92 Å². The van der Waals surface area contributed by atoms with E-state index >= 15 is 0 Å².